The SMILES string of the molecule is C=C(NOCc1ccc(Cl)cc1Cl)c1ccc(-c2cccc(CC(=O)O)c2)cc1. The highest BCUT2D eigenvalue weighted by Crippen LogP contribution is 2.24. The second-order valence-corrected chi connectivity index (χ2v) is 7.30. The molecule has 3 aromatic carbocycles. The Morgan fingerprint density at radius 2 is 1.76 bits per heavy atom. The van der Waals surface area contributed by atoms with Crippen molar-refractivity contribution in [2.75, 3.05) is 0 Å². The fourth-order valence-corrected chi connectivity index (χ4v) is 3.26. The molecule has 6 heteroatoms. The Labute approximate surface area is 179 Å². The first kappa shape index (κ1) is 20.9. The van der Waals surface area contributed by atoms with Gasteiger partial charge in [0.15, 0.2) is 0 Å². The molecule has 29 heavy (non-hydrogen) atoms. The van der Waals surface area contributed by atoms with Crippen molar-refractivity contribution in [3.8, 4) is 11.1 Å². The molecule has 148 valence electrons. The molecule has 0 saturated heterocycles. The molecule has 0 aliphatic rings. The lowest BCUT2D eigenvalue weighted by molar-refractivity contribution is -0.136. The van der Waals surface area contributed by atoms with Crippen LogP contribution in [0.4, 0.5) is 0 Å². The molecule has 0 aromatic heterocycles. The van der Waals surface area contributed by atoms with E-state index in [4.69, 9.17) is 33.1 Å². The predicted molar refractivity (Wildman–Crippen MR) is 117 cm³/mol. The van der Waals surface area contributed by atoms with Gasteiger partial charge in [-0.05, 0) is 39.9 Å². The zero-order chi connectivity index (χ0) is 20.8. The molecule has 0 unspecified atom stereocenters. The molecule has 0 aliphatic heterocycles. The lowest BCUT2D eigenvalue weighted by atomic mass is 10.0. The fraction of sp³-hybridized carbons (Fsp3) is 0.0870. The number of rotatable bonds is 8. The van der Waals surface area contributed by atoms with Gasteiger partial charge < -0.3 is 5.11 Å². The van der Waals surface area contributed by atoms with Gasteiger partial charge in [-0.3, -0.25) is 15.1 Å². The van der Waals surface area contributed by atoms with Crippen LogP contribution in [-0.2, 0) is 22.7 Å². The average molecular weight is 428 g/mol. The summed E-state index contributed by atoms with van der Waals surface area (Å²) < 4.78 is 0. The summed E-state index contributed by atoms with van der Waals surface area (Å²) in [6, 6.07) is 20.5. The Morgan fingerprint density at radius 3 is 2.45 bits per heavy atom. The molecule has 0 aliphatic carbocycles. The normalized spacial score (nSPS) is 10.6. The van der Waals surface area contributed by atoms with Gasteiger partial charge in [-0.15, -0.1) is 0 Å². The third-order valence-electron chi connectivity index (χ3n) is 4.29. The maximum Gasteiger partial charge on any atom is 0.307 e. The highest BCUT2D eigenvalue weighted by atomic mass is 35.5. The maximum absolute atomic E-state index is 10.9. The zero-order valence-corrected chi connectivity index (χ0v) is 17.0. The van der Waals surface area contributed by atoms with Crippen molar-refractivity contribution in [2.45, 2.75) is 13.0 Å². The number of hydroxylamine groups is 1. The Bertz CT molecular complexity index is 1030. The van der Waals surface area contributed by atoms with Gasteiger partial charge in [0.05, 0.1) is 12.1 Å². The highest BCUT2D eigenvalue weighted by Gasteiger charge is 2.06. The Morgan fingerprint density at radius 1 is 1.00 bits per heavy atom. The van der Waals surface area contributed by atoms with E-state index in [0.717, 1.165) is 27.8 Å². The van der Waals surface area contributed by atoms with Crippen molar-refractivity contribution in [1.82, 2.24) is 5.48 Å². The van der Waals surface area contributed by atoms with Gasteiger partial charge in [0, 0.05) is 10.0 Å². The van der Waals surface area contributed by atoms with E-state index >= 15 is 0 Å². The van der Waals surface area contributed by atoms with Crippen LogP contribution < -0.4 is 5.48 Å². The second-order valence-electron chi connectivity index (χ2n) is 6.45. The number of carboxylic acids is 1. The van der Waals surface area contributed by atoms with E-state index in [1.54, 1.807) is 12.1 Å². The van der Waals surface area contributed by atoms with E-state index in [9.17, 15) is 4.79 Å². The summed E-state index contributed by atoms with van der Waals surface area (Å²) >= 11 is 12.0. The molecular formula is C23H19Cl2NO3. The number of aliphatic carboxylic acids is 1. The average Bonchev–Trinajstić information content (AvgIpc) is 2.69. The summed E-state index contributed by atoms with van der Waals surface area (Å²) in [5.41, 5.74) is 7.84. The van der Waals surface area contributed by atoms with Crippen LogP contribution >= 0.6 is 23.2 Å². The topological polar surface area (TPSA) is 58.6 Å². The standard InChI is InChI=1S/C23H19Cl2NO3/c1-15(26-29-14-20-9-10-21(24)13-22(20)25)17-5-7-18(8-6-17)19-4-2-3-16(11-19)12-23(27)28/h2-11,13,26H,1,12,14H2,(H,27,28). The van der Waals surface area contributed by atoms with Gasteiger partial charge in [-0.1, -0.05) is 84.4 Å². The molecule has 0 spiro atoms. The number of halogens is 2. The van der Waals surface area contributed by atoms with Gasteiger partial charge in [-0.2, -0.15) is 0 Å². The van der Waals surface area contributed by atoms with Gasteiger partial charge in [-0.25, -0.2) is 0 Å². The minimum Gasteiger partial charge on any atom is -0.481 e. The molecule has 3 aromatic rings. The highest BCUT2D eigenvalue weighted by molar-refractivity contribution is 6.35. The first-order valence-electron chi connectivity index (χ1n) is 8.84. The molecule has 2 N–H and O–H groups in total. The summed E-state index contributed by atoms with van der Waals surface area (Å²) in [5, 5.41) is 10.1. The third-order valence-corrected chi connectivity index (χ3v) is 4.87. The van der Waals surface area contributed by atoms with E-state index in [0.29, 0.717) is 15.7 Å². The van der Waals surface area contributed by atoms with Crippen LogP contribution in [0.3, 0.4) is 0 Å². The molecular weight excluding hydrogens is 409 g/mol. The molecule has 3 rings (SSSR count). The molecule has 0 fully saturated rings. The van der Waals surface area contributed by atoms with Crippen LogP contribution in [0, 0.1) is 0 Å². The van der Waals surface area contributed by atoms with Crippen molar-refractivity contribution in [2.24, 2.45) is 0 Å². The first-order valence-corrected chi connectivity index (χ1v) is 9.60. The maximum atomic E-state index is 10.9. The second kappa shape index (κ2) is 9.61. The van der Waals surface area contributed by atoms with E-state index in [1.807, 2.05) is 54.6 Å². The minimum absolute atomic E-state index is 0.00161. The van der Waals surface area contributed by atoms with Crippen molar-refractivity contribution < 1.29 is 14.7 Å². The lowest BCUT2D eigenvalue weighted by Gasteiger charge is -2.12. The Hall–Kier alpha value is -2.79. The van der Waals surface area contributed by atoms with Crippen molar-refractivity contribution in [1.29, 1.82) is 0 Å². The molecule has 0 saturated carbocycles. The number of carboxylic acid groups (broad SMARTS) is 1. The number of carbonyl (C=O) groups is 1. The monoisotopic (exact) mass is 427 g/mol. The van der Waals surface area contributed by atoms with Crippen LogP contribution in [0.5, 0.6) is 0 Å². The smallest absolute Gasteiger partial charge is 0.307 e. The summed E-state index contributed by atoms with van der Waals surface area (Å²) in [4.78, 5) is 16.4. The molecule has 0 bridgehead atoms. The summed E-state index contributed by atoms with van der Waals surface area (Å²) in [7, 11) is 0. The van der Waals surface area contributed by atoms with Crippen LogP contribution in [0.15, 0.2) is 73.3 Å². The molecule has 0 radical (unpaired) electrons. The molecule has 0 heterocycles. The summed E-state index contributed by atoms with van der Waals surface area (Å²) in [6.07, 6.45) is 0.00161. The van der Waals surface area contributed by atoms with Crippen molar-refractivity contribution >= 4 is 34.9 Å². The lowest BCUT2D eigenvalue weighted by Crippen LogP contribution is -2.12. The van der Waals surface area contributed by atoms with Crippen LogP contribution in [0.25, 0.3) is 16.8 Å². The molecule has 0 atom stereocenters. The quantitative estimate of drug-likeness (QED) is 0.434. The number of hydrogen-bond donors (Lipinski definition) is 2. The van der Waals surface area contributed by atoms with Crippen LogP contribution in [0.1, 0.15) is 16.7 Å². The largest absolute Gasteiger partial charge is 0.481 e. The Kier molecular flexibility index (Phi) is 6.94. The summed E-state index contributed by atoms with van der Waals surface area (Å²) in [6.45, 7) is 4.25. The minimum atomic E-state index is -0.847. The predicted octanol–water partition coefficient (Wildman–Crippen LogP) is 5.98. The zero-order valence-electron chi connectivity index (χ0n) is 15.5. The number of nitrogens with one attached hydrogen (secondary N) is 1. The molecule has 4 nitrogen and oxygen atoms in total. The Balaban J connectivity index is 1.61. The van der Waals surface area contributed by atoms with Gasteiger partial charge in [0.25, 0.3) is 0 Å². The van der Waals surface area contributed by atoms with E-state index in [2.05, 4.69) is 12.1 Å². The van der Waals surface area contributed by atoms with E-state index in [-0.39, 0.29) is 13.0 Å². The van der Waals surface area contributed by atoms with Crippen molar-refractivity contribution in [3.05, 3.63) is 100 Å². The first-order chi connectivity index (χ1) is 13.9. The fourth-order valence-electron chi connectivity index (χ4n) is 2.80. The number of hydrogen-bond acceptors (Lipinski definition) is 3. The summed E-state index contributed by atoms with van der Waals surface area (Å²) in [5.74, 6) is -0.847. The van der Waals surface area contributed by atoms with Gasteiger partial charge >= 0.3 is 5.97 Å². The van der Waals surface area contributed by atoms with Crippen LogP contribution in [0.2, 0.25) is 10.0 Å². The number of benzene rings is 3. The van der Waals surface area contributed by atoms with Gasteiger partial charge in [0.1, 0.15) is 6.61 Å². The van der Waals surface area contributed by atoms with Crippen molar-refractivity contribution in [3.63, 3.8) is 0 Å². The van der Waals surface area contributed by atoms with Crippen LogP contribution in [-0.4, -0.2) is 11.1 Å². The molecule has 0 amide bonds. The third kappa shape index (κ3) is 5.84. The van der Waals surface area contributed by atoms with E-state index in [1.165, 1.54) is 0 Å². The van der Waals surface area contributed by atoms with Gasteiger partial charge in [0.2, 0.25) is 0 Å². The van der Waals surface area contributed by atoms with E-state index < -0.39 is 5.97 Å².